The normalized spacial score (nSPS) is 10.4. The standard InChI is InChI=1S/C17H20N2O2S/c1-5-13-9-16(22-11(13)3)17(21)19-15-8-6-7-14(10(15)2)18-12(4)20/h6-9H,5H2,1-4H3,(H,18,20)(H,19,21). The van der Waals surface area contributed by atoms with E-state index < -0.39 is 0 Å². The Bertz CT molecular complexity index is 719. The summed E-state index contributed by atoms with van der Waals surface area (Å²) in [5.74, 6) is -0.246. The second-order valence-electron chi connectivity index (χ2n) is 5.16. The highest BCUT2D eigenvalue weighted by molar-refractivity contribution is 7.14. The van der Waals surface area contributed by atoms with Gasteiger partial charge in [0, 0.05) is 23.2 Å². The zero-order chi connectivity index (χ0) is 16.3. The Morgan fingerprint density at radius 2 is 1.77 bits per heavy atom. The predicted octanol–water partition coefficient (Wildman–Crippen LogP) is 4.14. The fourth-order valence-corrected chi connectivity index (χ4v) is 3.27. The maximum Gasteiger partial charge on any atom is 0.265 e. The third-order valence-electron chi connectivity index (χ3n) is 3.52. The predicted molar refractivity (Wildman–Crippen MR) is 91.9 cm³/mol. The summed E-state index contributed by atoms with van der Waals surface area (Å²) < 4.78 is 0. The minimum absolute atomic E-state index is 0.115. The van der Waals surface area contributed by atoms with Crippen LogP contribution in [-0.4, -0.2) is 11.8 Å². The number of carbonyl (C=O) groups excluding carboxylic acids is 2. The lowest BCUT2D eigenvalue weighted by molar-refractivity contribution is -0.114. The van der Waals surface area contributed by atoms with Crippen molar-refractivity contribution in [3.63, 3.8) is 0 Å². The van der Waals surface area contributed by atoms with Crippen molar-refractivity contribution in [1.29, 1.82) is 0 Å². The summed E-state index contributed by atoms with van der Waals surface area (Å²) in [6.07, 6.45) is 0.923. The lowest BCUT2D eigenvalue weighted by Crippen LogP contribution is -2.13. The van der Waals surface area contributed by atoms with E-state index in [0.717, 1.165) is 12.0 Å². The van der Waals surface area contributed by atoms with Crippen LogP contribution in [0.4, 0.5) is 11.4 Å². The van der Waals surface area contributed by atoms with E-state index in [4.69, 9.17) is 0 Å². The third kappa shape index (κ3) is 3.54. The summed E-state index contributed by atoms with van der Waals surface area (Å²) in [7, 11) is 0. The van der Waals surface area contributed by atoms with Gasteiger partial charge in [-0.15, -0.1) is 11.3 Å². The van der Waals surface area contributed by atoms with E-state index in [-0.39, 0.29) is 11.8 Å². The summed E-state index contributed by atoms with van der Waals surface area (Å²) in [4.78, 5) is 25.5. The van der Waals surface area contributed by atoms with E-state index in [2.05, 4.69) is 17.6 Å². The molecule has 0 aliphatic carbocycles. The highest BCUT2D eigenvalue weighted by Gasteiger charge is 2.14. The molecule has 0 radical (unpaired) electrons. The number of thiophene rings is 1. The van der Waals surface area contributed by atoms with Gasteiger partial charge >= 0.3 is 0 Å². The zero-order valence-corrected chi connectivity index (χ0v) is 14.1. The molecule has 0 fully saturated rings. The van der Waals surface area contributed by atoms with E-state index in [1.54, 1.807) is 0 Å². The van der Waals surface area contributed by atoms with Crippen LogP contribution < -0.4 is 10.6 Å². The zero-order valence-electron chi connectivity index (χ0n) is 13.2. The van der Waals surface area contributed by atoms with Crippen molar-refractivity contribution in [2.24, 2.45) is 0 Å². The van der Waals surface area contributed by atoms with Crippen LogP contribution in [0.15, 0.2) is 24.3 Å². The molecular formula is C17H20N2O2S. The van der Waals surface area contributed by atoms with Crippen LogP contribution >= 0.6 is 11.3 Å². The van der Waals surface area contributed by atoms with E-state index in [1.165, 1.54) is 28.7 Å². The van der Waals surface area contributed by atoms with Gasteiger partial charge in [-0.3, -0.25) is 9.59 Å². The van der Waals surface area contributed by atoms with Crippen LogP contribution in [0.5, 0.6) is 0 Å². The molecule has 116 valence electrons. The number of anilines is 2. The molecular weight excluding hydrogens is 296 g/mol. The SMILES string of the molecule is CCc1cc(C(=O)Nc2cccc(NC(C)=O)c2C)sc1C. The van der Waals surface area contributed by atoms with Gasteiger partial charge in [-0.05, 0) is 49.6 Å². The maximum absolute atomic E-state index is 12.4. The van der Waals surface area contributed by atoms with Crippen LogP contribution in [-0.2, 0) is 11.2 Å². The average Bonchev–Trinajstić information content (AvgIpc) is 2.84. The first-order chi connectivity index (χ1) is 10.4. The van der Waals surface area contributed by atoms with Crippen molar-refractivity contribution >= 4 is 34.5 Å². The maximum atomic E-state index is 12.4. The highest BCUT2D eigenvalue weighted by Crippen LogP contribution is 2.26. The molecule has 2 aromatic rings. The van der Waals surface area contributed by atoms with Gasteiger partial charge in [0.05, 0.1) is 4.88 Å². The van der Waals surface area contributed by atoms with Crippen molar-refractivity contribution in [1.82, 2.24) is 0 Å². The quantitative estimate of drug-likeness (QED) is 0.890. The van der Waals surface area contributed by atoms with Crippen LogP contribution in [0.1, 0.15) is 39.5 Å². The van der Waals surface area contributed by atoms with Crippen LogP contribution in [0.2, 0.25) is 0 Å². The molecule has 0 atom stereocenters. The molecule has 4 nitrogen and oxygen atoms in total. The molecule has 1 aromatic heterocycles. The number of benzene rings is 1. The Morgan fingerprint density at radius 1 is 1.14 bits per heavy atom. The summed E-state index contributed by atoms with van der Waals surface area (Å²) in [5.41, 5.74) is 3.47. The Kier molecular flexibility index (Phi) is 4.98. The molecule has 2 N–H and O–H groups in total. The number of nitrogens with one attached hydrogen (secondary N) is 2. The van der Waals surface area contributed by atoms with Gasteiger partial charge in [-0.1, -0.05) is 13.0 Å². The van der Waals surface area contributed by atoms with Crippen LogP contribution in [0, 0.1) is 13.8 Å². The van der Waals surface area contributed by atoms with Crippen molar-refractivity contribution in [3.05, 3.63) is 45.1 Å². The first kappa shape index (κ1) is 16.2. The Labute approximate surface area is 134 Å². The Balaban J connectivity index is 2.22. The molecule has 0 saturated heterocycles. The van der Waals surface area contributed by atoms with Gasteiger partial charge in [-0.2, -0.15) is 0 Å². The Hall–Kier alpha value is -2.14. The van der Waals surface area contributed by atoms with Crippen molar-refractivity contribution < 1.29 is 9.59 Å². The summed E-state index contributed by atoms with van der Waals surface area (Å²) in [5, 5.41) is 5.69. The third-order valence-corrected chi connectivity index (χ3v) is 4.61. The molecule has 0 aliphatic rings. The lowest BCUT2D eigenvalue weighted by Gasteiger charge is -2.12. The molecule has 0 saturated carbocycles. The van der Waals surface area contributed by atoms with Gasteiger partial charge in [0.2, 0.25) is 5.91 Å². The first-order valence-electron chi connectivity index (χ1n) is 7.20. The van der Waals surface area contributed by atoms with Gasteiger partial charge < -0.3 is 10.6 Å². The molecule has 0 bridgehead atoms. The second-order valence-corrected chi connectivity index (χ2v) is 6.42. The van der Waals surface area contributed by atoms with Crippen molar-refractivity contribution in [2.75, 3.05) is 10.6 Å². The molecule has 2 amide bonds. The molecule has 5 heteroatoms. The topological polar surface area (TPSA) is 58.2 Å². The van der Waals surface area contributed by atoms with E-state index in [0.29, 0.717) is 16.3 Å². The van der Waals surface area contributed by atoms with Gasteiger partial charge in [0.15, 0.2) is 0 Å². The molecule has 22 heavy (non-hydrogen) atoms. The average molecular weight is 316 g/mol. The monoisotopic (exact) mass is 316 g/mol. The largest absolute Gasteiger partial charge is 0.326 e. The summed E-state index contributed by atoms with van der Waals surface area (Å²) in [6.45, 7) is 7.45. The molecule has 0 aliphatic heterocycles. The smallest absolute Gasteiger partial charge is 0.265 e. The fourth-order valence-electron chi connectivity index (χ4n) is 2.26. The van der Waals surface area contributed by atoms with E-state index in [9.17, 15) is 9.59 Å². The lowest BCUT2D eigenvalue weighted by atomic mass is 10.1. The Morgan fingerprint density at radius 3 is 2.32 bits per heavy atom. The number of carbonyl (C=O) groups is 2. The number of rotatable bonds is 4. The van der Waals surface area contributed by atoms with Crippen molar-refractivity contribution in [2.45, 2.75) is 34.1 Å². The van der Waals surface area contributed by atoms with E-state index >= 15 is 0 Å². The second kappa shape index (κ2) is 6.75. The van der Waals surface area contributed by atoms with Gasteiger partial charge in [0.25, 0.3) is 5.91 Å². The van der Waals surface area contributed by atoms with Crippen molar-refractivity contribution in [3.8, 4) is 0 Å². The minimum Gasteiger partial charge on any atom is -0.326 e. The summed E-state index contributed by atoms with van der Waals surface area (Å²) in [6, 6.07) is 7.41. The van der Waals surface area contributed by atoms with Gasteiger partial charge in [0.1, 0.15) is 0 Å². The number of amides is 2. The van der Waals surface area contributed by atoms with E-state index in [1.807, 2.05) is 38.1 Å². The molecule has 0 spiro atoms. The summed E-state index contributed by atoms with van der Waals surface area (Å²) >= 11 is 1.51. The molecule has 1 heterocycles. The molecule has 0 unspecified atom stereocenters. The minimum atomic E-state index is -0.131. The fraction of sp³-hybridized carbons (Fsp3) is 0.294. The number of aryl methyl sites for hydroxylation is 2. The number of hydrogen-bond acceptors (Lipinski definition) is 3. The van der Waals surface area contributed by atoms with Crippen LogP contribution in [0.3, 0.4) is 0 Å². The highest BCUT2D eigenvalue weighted by atomic mass is 32.1. The molecule has 2 rings (SSSR count). The first-order valence-corrected chi connectivity index (χ1v) is 8.02. The van der Waals surface area contributed by atoms with Crippen LogP contribution in [0.25, 0.3) is 0 Å². The van der Waals surface area contributed by atoms with Gasteiger partial charge in [-0.25, -0.2) is 0 Å². The molecule has 1 aromatic carbocycles. The number of hydrogen-bond donors (Lipinski definition) is 2.